The molecule has 2 aliphatic carbocycles. The van der Waals surface area contributed by atoms with Crippen LogP contribution in [0.1, 0.15) is 64.2 Å². The van der Waals surface area contributed by atoms with Gasteiger partial charge in [-0.25, -0.2) is 10.9 Å². The third-order valence-corrected chi connectivity index (χ3v) is 8.72. The summed E-state index contributed by atoms with van der Waals surface area (Å²) >= 11 is 0. The van der Waals surface area contributed by atoms with Crippen molar-refractivity contribution in [3.8, 4) is 6.07 Å². The summed E-state index contributed by atoms with van der Waals surface area (Å²) < 4.78 is 5.64. The summed E-state index contributed by atoms with van der Waals surface area (Å²) in [5.74, 6) is 0.778. The molecule has 4 rings (SSSR count). The molecule has 2 aliphatic heterocycles. The third-order valence-electron chi connectivity index (χ3n) is 8.72. The van der Waals surface area contributed by atoms with Gasteiger partial charge in [0.05, 0.1) is 24.5 Å². The number of carbonyl (C=O) groups is 1. The quantitative estimate of drug-likeness (QED) is 0.354. The Labute approximate surface area is 205 Å². The van der Waals surface area contributed by atoms with Gasteiger partial charge in [0.2, 0.25) is 5.91 Å². The molecule has 0 aromatic carbocycles. The standard InChI is InChI=1S/C25H45N7O2/c1-32-23(30-31-24(32)17-10-12-27-13-11-17)16-28-19-7-5-6-18(14-19)25(33)29-21(15-26)20-8-3-4-9-22(20)34-2/h17-24,27-28,30-31H,3-14,16H2,1-2H3,(H,29,33)/t18?,19?,20?,21-,22?,23?,24?/m1/s1. The van der Waals surface area contributed by atoms with Gasteiger partial charge in [-0.3, -0.25) is 9.69 Å². The number of rotatable bonds is 8. The monoisotopic (exact) mass is 475 g/mol. The zero-order valence-electron chi connectivity index (χ0n) is 21.0. The normalized spacial score (nSPS) is 36.6. The number of nitrogens with one attached hydrogen (secondary N) is 5. The van der Waals surface area contributed by atoms with Crippen molar-refractivity contribution >= 4 is 5.91 Å². The van der Waals surface area contributed by atoms with Crippen LogP contribution in [0.15, 0.2) is 0 Å². The number of piperidine rings is 1. The highest BCUT2D eigenvalue weighted by Gasteiger charge is 2.37. The maximum atomic E-state index is 13.1. The fourth-order valence-electron chi connectivity index (χ4n) is 6.58. The molecule has 6 unspecified atom stereocenters. The molecule has 2 heterocycles. The Morgan fingerprint density at radius 3 is 2.68 bits per heavy atom. The molecule has 2 saturated heterocycles. The molecule has 0 radical (unpaired) electrons. The van der Waals surface area contributed by atoms with Gasteiger partial charge in [-0.2, -0.15) is 5.26 Å². The summed E-state index contributed by atoms with van der Waals surface area (Å²) in [6.07, 6.45) is 11.1. The summed E-state index contributed by atoms with van der Waals surface area (Å²) in [5, 5.41) is 20.1. The van der Waals surface area contributed by atoms with E-state index in [-0.39, 0.29) is 30.0 Å². The van der Waals surface area contributed by atoms with Crippen LogP contribution in [0.4, 0.5) is 0 Å². The predicted molar refractivity (Wildman–Crippen MR) is 131 cm³/mol. The molecule has 34 heavy (non-hydrogen) atoms. The summed E-state index contributed by atoms with van der Waals surface area (Å²) in [7, 11) is 3.92. The Hall–Kier alpha value is -1.28. The summed E-state index contributed by atoms with van der Waals surface area (Å²) in [6, 6.07) is 2.24. The first-order valence-electron chi connectivity index (χ1n) is 13.5. The molecule has 4 fully saturated rings. The second kappa shape index (κ2) is 12.6. The lowest BCUT2D eigenvalue weighted by atomic mass is 9.80. The van der Waals surface area contributed by atoms with Crippen LogP contribution < -0.4 is 26.8 Å². The zero-order chi connectivity index (χ0) is 23.9. The molecule has 5 N–H and O–H groups in total. The van der Waals surface area contributed by atoms with Gasteiger partial charge < -0.3 is 20.7 Å². The second-order valence-electron chi connectivity index (χ2n) is 10.8. The Morgan fingerprint density at radius 1 is 1.12 bits per heavy atom. The lowest BCUT2D eigenvalue weighted by molar-refractivity contribution is -0.127. The van der Waals surface area contributed by atoms with Gasteiger partial charge >= 0.3 is 0 Å². The average molecular weight is 476 g/mol. The summed E-state index contributed by atoms with van der Waals surface area (Å²) in [5.41, 5.74) is 6.98. The number of amides is 1. The van der Waals surface area contributed by atoms with E-state index in [1.165, 1.54) is 12.8 Å². The molecule has 0 aromatic rings. The van der Waals surface area contributed by atoms with Crippen molar-refractivity contribution in [2.75, 3.05) is 33.8 Å². The summed E-state index contributed by atoms with van der Waals surface area (Å²) in [6.45, 7) is 3.05. The lowest BCUT2D eigenvalue weighted by Crippen LogP contribution is -2.51. The van der Waals surface area contributed by atoms with E-state index in [0.29, 0.717) is 18.1 Å². The van der Waals surface area contributed by atoms with Crippen molar-refractivity contribution in [3.63, 3.8) is 0 Å². The number of hydrogen-bond acceptors (Lipinski definition) is 8. The Morgan fingerprint density at radius 2 is 1.91 bits per heavy atom. The van der Waals surface area contributed by atoms with E-state index in [4.69, 9.17) is 4.74 Å². The molecule has 192 valence electrons. The smallest absolute Gasteiger partial charge is 0.224 e. The molecule has 4 aliphatic rings. The van der Waals surface area contributed by atoms with Crippen LogP contribution in [0.25, 0.3) is 0 Å². The molecule has 0 aromatic heterocycles. The summed E-state index contributed by atoms with van der Waals surface area (Å²) in [4.78, 5) is 15.5. The number of likely N-dealkylation sites (N-methyl/N-ethyl adjacent to an activating group) is 1. The van der Waals surface area contributed by atoms with E-state index in [1.54, 1.807) is 7.11 Å². The first kappa shape index (κ1) is 25.8. The molecule has 9 heteroatoms. The van der Waals surface area contributed by atoms with Crippen LogP contribution in [0.3, 0.4) is 0 Å². The van der Waals surface area contributed by atoms with Gasteiger partial charge in [0, 0.05) is 31.5 Å². The van der Waals surface area contributed by atoms with E-state index in [2.05, 4.69) is 44.8 Å². The minimum Gasteiger partial charge on any atom is -0.381 e. The van der Waals surface area contributed by atoms with Crippen LogP contribution >= 0.6 is 0 Å². The van der Waals surface area contributed by atoms with Crippen molar-refractivity contribution < 1.29 is 9.53 Å². The van der Waals surface area contributed by atoms with Gasteiger partial charge in [0.15, 0.2) is 0 Å². The van der Waals surface area contributed by atoms with Gasteiger partial charge in [-0.05, 0) is 71.0 Å². The number of nitrogens with zero attached hydrogens (tertiary/aromatic N) is 2. The Bertz CT molecular complexity index is 695. The van der Waals surface area contributed by atoms with E-state index < -0.39 is 6.04 Å². The number of ether oxygens (including phenoxy) is 1. The maximum absolute atomic E-state index is 13.1. The number of carbonyl (C=O) groups excluding carboxylic acids is 1. The first-order chi connectivity index (χ1) is 16.6. The molecule has 0 bridgehead atoms. The fraction of sp³-hybridized carbons (Fsp3) is 0.920. The van der Waals surface area contributed by atoms with Crippen molar-refractivity contribution in [2.24, 2.45) is 17.8 Å². The molecule has 1 amide bonds. The van der Waals surface area contributed by atoms with Gasteiger partial charge in [0.1, 0.15) is 6.04 Å². The molecular weight excluding hydrogens is 430 g/mol. The molecule has 2 saturated carbocycles. The highest BCUT2D eigenvalue weighted by atomic mass is 16.5. The topological polar surface area (TPSA) is 113 Å². The van der Waals surface area contributed by atoms with E-state index >= 15 is 0 Å². The SMILES string of the molecule is COC1CCCCC1[C@@H](C#N)NC(=O)C1CCCC(NCC2NNC(C3CCNCC3)N2C)C1. The van der Waals surface area contributed by atoms with Crippen molar-refractivity contribution in [2.45, 2.75) is 94.7 Å². The van der Waals surface area contributed by atoms with Gasteiger partial charge in [0.25, 0.3) is 0 Å². The van der Waals surface area contributed by atoms with Crippen molar-refractivity contribution in [3.05, 3.63) is 0 Å². The van der Waals surface area contributed by atoms with E-state index in [9.17, 15) is 10.1 Å². The minimum absolute atomic E-state index is 0.0263. The Balaban J connectivity index is 1.23. The third kappa shape index (κ3) is 6.28. The highest BCUT2D eigenvalue weighted by molar-refractivity contribution is 5.79. The van der Waals surface area contributed by atoms with Gasteiger partial charge in [-0.1, -0.05) is 19.3 Å². The number of nitriles is 1. The largest absolute Gasteiger partial charge is 0.381 e. The van der Waals surface area contributed by atoms with Crippen LogP contribution in [0, 0.1) is 29.1 Å². The second-order valence-corrected chi connectivity index (χ2v) is 10.8. The fourth-order valence-corrected chi connectivity index (χ4v) is 6.58. The molecule has 9 nitrogen and oxygen atoms in total. The van der Waals surface area contributed by atoms with E-state index in [1.807, 2.05) is 0 Å². The molecular formula is C25H45N7O2. The number of methoxy groups -OCH3 is 1. The van der Waals surface area contributed by atoms with Crippen LogP contribution in [0.2, 0.25) is 0 Å². The van der Waals surface area contributed by atoms with Gasteiger partial charge in [-0.15, -0.1) is 0 Å². The minimum atomic E-state index is -0.458. The predicted octanol–water partition coefficient (Wildman–Crippen LogP) is 1.04. The maximum Gasteiger partial charge on any atom is 0.224 e. The van der Waals surface area contributed by atoms with Crippen LogP contribution in [-0.4, -0.2) is 75.1 Å². The lowest BCUT2D eigenvalue weighted by Gasteiger charge is -2.35. The zero-order valence-corrected chi connectivity index (χ0v) is 21.0. The van der Waals surface area contributed by atoms with Crippen molar-refractivity contribution in [1.29, 1.82) is 5.26 Å². The first-order valence-corrected chi connectivity index (χ1v) is 13.5. The number of hydrogen-bond donors (Lipinski definition) is 5. The molecule has 0 spiro atoms. The number of hydrazine groups is 1. The van der Waals surface area contributed by atoms with Crippen LogP contribution in [0.5, 0.6) is 0 Å². The van der Waals surface area contributed by atoms with Crippen molar-refractivity contribution in [1.82, 2.24) is 31.7 Å². The average Bonchev–Trinajstić information content (AvgIpc) is 3.26. The van der Waals surface area contributed by atoms with Crippen LogP contribution in [-0.2, 0) is 9.53 Å². The highest BCUT2D eigenvalue weighted by Crippen LogP contribution is 2.30. The van der Waals surface area contributed by atoms with E-state index in [0.717, 1.165) is 71.0 Å². The molecule has 7 atom stereocenters. The Kier molecular flexibility index (Phi) is 9.57.